The number of nitrogens with zero attached hydrogens (tertiary/aromatic N) is 1. The summed E-state index contributed by atoms with van der Waals surface area (Å²) in [4.78, 5) is 0. The Morgan fingerprint density at radius 2 is 1.28 bits per heavy atom. The fraction of sp³-hybridized carbons (Fsp3) is 0.250. The predicted octanol–water partition coefficient (Wildman–Crippen LogP) is 5.61. The molecule has 0 bridgehead atoms. The summed E-state index contributed by atoms with van der Waals surface area (Å²) in [6, 6.07) is 16.5. The van der Waals surface area contributed by atoms with Gasteiger partial charge in [-0.25, -0.2) is 0 Å². The summed E-state index contributed by atoms with van der Waals surface area (Å²) in [5, 5.41) is 2.89. The largest absolute Gasteiger partial charge is 0.572 e. The Kier molecular flexibility index (Phi) is 4.14. The van der Waals surface area contributed by atoms with Gasteiger partial charge >= 0.3 is 6.98 Å². The first kappa shape index (κ1) is 17.5. The van der Waals surface area contributed by atoms with Crippen LogP contribution < -0.4 is 0 Å². The first-order chi connectivity index (χ1) is 11.6. The fourth-order valence-electron chi connectivity index (χ4n) is 3.20. The van der Waals surface area contributed by atoms with Crippen LogP contribution in [0, 0.1) is 0 Å². The third-order valence-electron chi connectivity index (χ3n) is 4.71. The van der Waals surface area contributed by atoms with Crippen molar-refractivity contribution in [1.82, 2.24) is 0 Å². The molecule has 3 aromatic rings. The molecule has 0 saturated heterocycles. The van der Waals surface area contributed by atoms with E-state index in [9.17, 15) is 12.9 Å². The van der Waals surface area contributed by atoms with Crippen LogP contribution in [0.15, 0.2) is 54.6 Å². The Hall–Kier alpha value is -2.30. The molecule has 0 amide bonds. The molecule has 25 heavy (non-hydrogen) atoms. The van der Waals surface area contributed by atoms with Crippen LogP contribution in [0.2, 0.25) is 0 Å². The molecule has 0 atom stereocenters. The minimum atomic E-state index is -5.20. The van der Waals surface area contributed by atoms with Gasteiger partial charge in [-0.1, -0.05) is 48.5 Å². The molecule has 1 nitrogen and oxygen atoms in total. The zero-order valence-electron chi connectivity index (χ0n) is 14.9. The van der Waals surface area contributed by atoms with E-state index < -0.39 is 18.1 Å². The van der Waals surface area contributed by atoms with E-state index in [2.05, 4.69) is 0 Å². The van der Waals surface area contributed by atoms with Crippen LogP contribution in [0.4, 0.5) is 12.9 Å². The Balaban J connectivity index is 2.57. The molecule has 0 spiro atoms. The molecule has 0 aliphatic carbocycles. The van der Waals surface area contributed by atoms with Gasteiger partial charge in [-0.2, -0.15) is 0 Å². The van der Waals surface area contributed by atoms with Gasteiger partial charge in [-0.3, -0.25) is 4.58 Å². The minimum absolute atomic E-state index is 0.277. The Morgan fingerprint density at radius 3 is 1.68 bits per heavy atom. The molecule has 0 aliphatic heterocycles. The van der Waals surface area contributed by atoms with E-state index in [1.54, 1.807) is 45.0 Å². The third kappa shape index (κ3) is 3.15. The van der Waals surface area contributed by atoms with Gasteiger partial charge in [-0.15, -0.1) is 0 Å². The highest BCUT2D eigenvalue weighted by atomic mass is 19.4. The van der Waals surface area contributed by atoms with Gasteiger partial charge < -0.3 is 12.9 Å². The van der Waals surface area contributed by atoms with Crippen LogP contribution in [-0.4, -0.2) is 29.8 Å². The maximum absolute atomic E-state index is 14.2. The number of rotatable bonds is 2. The van der Waals surface area contributed by atoms with E-state index in [1.807, 2.05) is 30.3 Å². The van der Waals surface area contributed by atoms with Gasteiger partial charge in [-0.05, 0) is 48.4 Å². The standard InChI is InChI=1S/C20H21BF3N/c1-20(2,3)25(4)19(21(22,23)24)18-16-11-7-5-9-14(16)13-15-10-6-8-12-17(15)18/h5-13H,1-4H3. The first-order valence-corrected chi connectivity index (χ1v) is 8.32. The number of hydrogen-bond donors (Lipinski definition) is 0. The maximum Gasteiger partial charge on any atom is 0.572 e. The van der Waals surface area contributed by atoms with Crippen molar-refractivity contribution < 1.29 is 17.5 Å². The van der Waals surface area contributed by atoms with Crippen molar-refractivity contribution in [2.24, 2.45) is 0 Å². The summed E-state index contributed by atoms with van der Waals surface area (Å²) >= 11 is 0. The van der Waals surface area contributed by atoms with Crippen LogP contribution in [0.25, 0.3) is 21.5 Å². The Morgan fingerprint density at radius 1 is 0.840 bits per heavy atom. The number of hydrogen-bond acceptors (Lipinski definition) is 0. The Bertz CT molecular complexity index is 928. The highest BCUT2D eigenvalue weighted by Gasteiger charge is 2.42. The summed E-state index contributed by atoms with van der Waals surface area (Å²) < 4.78 is 44.0. The lowest BCUT2D eigenvalue weighted by molar-refractivity contribution is -0.568. The molecular weight excluding hydrogens is 322 g/mol. The van der Waals surface area contributed by atoms with E-state index in [0.717, 1.165) is 10.8 Å². The highest BCUT2D eigenvalue weighted by Crippen LogP contribution is 2.33. The van der Waals surface area contributed by atoms with E-state index in [0.29, 0.717) is 10.8 Å². The molecule has 130 valence electrons. The van der Waals surface area contributed by atoms with E-state index in [1.165, 1.54) is 11.6 Å². The predicted molar refractivity (Wildman–Crippen MR) is 101 cm³/mol. The van der Waals surface area contributed by atoms with Crippen molar-refractivity contribution in [3.05, 3.63) is 60.2 Å². The second-order valence-electron chi connectivity index (χ2n) is 7.38. The second-order valence-corrected chi connectivity index (χ2v) is 7.38. The molecule has 0 radical (unpaired) electrons. The van der Waals surface area contributed by atoms with Gasteiger partial charge in [0.05, 0.1) is 0 Å². The molecule has 3 aromatic carbocycles. The fourth-order valence-corrected chi connectivity index (χ4v) is 3.20. The summed E-state index contributed by atoms with van der Waals surface area (Å²) in [7, 11) is 1.53. The molecule has 3 rings (SSSR count). The van der Waals surface area contributed by atoms with Crippen LogP contribution in [0.5, 0.6) is 0 Å². The summed E-state index contributed by atoms with van der Waals surface area (Å²) in [5.74, 6) is 0. The SMILES string of the molecule is C[N+](=C(c1c2ccccc2cc2ccccc12)[B-](F)(F)F)C(C)(C)C. The highest BCUT2D eigenvalue weighted by molar-refractivity contribution is 6.94. The van der Waals surface area contributed by atoms with Crippen LogP contribution in [0.3, 0.4) is 0 Å². The molecule has 0 N–H and O–H groups in total. The lowest BCUT2D eigenvalue weighted by Gasteiger charge is -2.26. The molecule has 0 heterocycles. The zero-order valence-corrected chi connectivity index (χ0v) is 14.9. The molecule has 0 saturated carbocycles. The van der Waals surface area contributed by atoms with Crippen molar-refractivity contribution in [1.29, 1.82) is 0 Å². The van der Waals surface area contributed by atoms with Crippen LogP contribution in [-0.2, 0) is 0 Å². The molecule has 5 heteroatoms. The minimum Gasteiger partial charge on any atom is -0.441 e. The first-order valence-electron chi connectivity index (χ1n) is 8.32. The molecule has 0 fully saturated rings. The van der Waals surface area contributed by atoms with Gasteiger partial charge in [0, 0.05) is 5.56 Å². The maximum atomic E-state index is 14.2. The number of halogens is 3. The summed E-state index contributed by atoms with van der Waals surface area (Å²) in [6.07, 6.45) is 0. The van der Waals surface area contributed by atoms with Crippen molar-refractivity contribution in [3.63, 3.8) is 0 Å². The van der Waals surface area contributed by atoms with E-state index in [-0.39, 0.29) is 5.56 Å². The second kappa shape index (κ2) is 5.90. The summed E-state index contributed by atoms with van der Waals surface area (Å²) in [6.45, 7) is 0.185. The monoisotopic (exact) mass is 343 g/mol. The quantitative estimate of drug-likeness (QED) is 0.246. The Labute approximate surface area is 145 Å². The summed E-state index contributed by atoms with van der Waals surface area (Å²) in [5.41, 5.74) is -0.913. The number of fused-ring (bicyclic) bond motifs is 2. The van der Waals surface area contributed by atoms with Crippen LogP contribution in [0.1, 0.15) is 26.3 Å². The van der Waals surface area contributed by atoms with Crippen LogP contribution >= 0.6 is 0 Å². The third-order valence-corrected chi connectivity index (χ3v) is 4.71. The average Bonchev–Trinajstić information content (AvgIpc) is 2.52. The zero-order chi connectivity index (χ0) is 18.4. The van der Waals surface area contributed by atoms with E-state index >= 15 is 0 Å². The molecule has 0 aliphatic rings. The van der Waals surface area contributed by atoms with Gasteiger partial charge in [0.25, 0.3) is 0 Å². The lowest BCUT2D eigenvalue weighted by Crippen LogP contribution is -2.45. The molecule has 0 unspecified atom stereocenters. The molecular formula is C20H21BF3N. The van der Waals surface area contributed by atoms with Crippen molar-refractivity contribution in [2.75, 3.05) is 7.05 Å². The van der Waals surface area contributed by atoms with Crippen molar-refractivity contribution in [3.8, 4) is 0 Å². The average molecular weight is 343 g/mol. The number of benzene rings is 3. The lowest BCUT2D eigenvalue weighted by atomic mass is 9.74. The molecule has 0 aromatic heterocycles. The van der Waals surface area contributed by atoms with Crippen molar-refractivity contribution in [2.45, 2.75) is 26.3 Å². The van der Waals surface area contributed by atoms with Gasteiger partial charge in [0.2, 0.25) is 0 Å². The van der Waals surface area contributed by atoms with Crippen molar-refractivity contribution >= 4 is 34.1 Å². The topological polar surface area (TPSA) is 3.01 Å². The normalized spacial score (nSPS) is 14.0. The van der Waals surface area contributed by atoms with Gasteiger partial charge in [0.1, 0.15) is 12.7 Å². The van der Waals surface area contributed by atoms with Gasteiger partial charge in [0.15, 0.2) is 5.54 Å². The van der Waals surface area contributed by atoms with E-state index in [4.69, 9.17) is 0 Å². The smallest absolute Gasteiger partial charge is 0.441 e.